The van der Waals surface area contributed by atoms with Crippen LogP contribution in [0, 0.1) is 6.92 Å². The largest absolute Gasteiger partial charge is 0.323 e. The molecule has 1 unspecified atom stereocenters. The summed E-state index contributed by atoms with van der Waals surface area (Å²) in [5, 5.41) is 0. The van der Waals surface area contributed by atoms with E-state index in [0.717, 1.165) is 6.54 Å². The SMILES string of the molecule is Cc1ccncc1C(N)CN1CCC1. The van der Waals surface area contributed by atoms with E-state index in [1.54, 1.807) is 0 Å². The number of aromatic nitrogens is 1. The predicted octanol–water partition coefficient (Wildman–Crippen LogP) is 1.10. The van der Waals surface area contributed by atoms with E-state index in [2.05, 4.69) is 16.8 Å². The van der Waals surface area contributed by atoms with Crippen LogP contribution in [-0.4, -0.2) is 29.5 Å². The van der Waals surface area contributed by atoms with Crippen molar-refractivity contribution in [3.63, 3.8) is 0 Å². The van der Waals surface area contributed by atoms with Crippen LogP contribution in [-0.2, 0) is 0 Å². The zero-order valence-corrected chi connectivity index (χ0v) is 8.61. The van der Waals surface area contributed by atoms with Crippen LogP contribution >= 0.6 is 0 Å². The molecule has 1 saturated heterocycles. The minimum atomic E-state index is 0.115. The first-order valence-corrected chi connectivity index (χ1v) is 5.16. The molecule has 2 rings (SSSR count). The Balaban J connectivity index is 2.02. The van der Waals surface area contributed by atoms with E-state index in [0.29, 0.717) is 0 Å². The number of nitrogens with two attached hydrogens (primary N) is 1. The molecule has 0 amide bonds. The third-order valence-electron chi connectivity index (χ3n) is 2.88. The van der Waals surface area contributed by atoms with Crippen LogP contribution in [0.4, 0.5) is 0 Å². The zero-order chi connectivity index (χ0) is 9.97. The highest BCUT2D eigenvalue weighted by atomic mass is 15.2. The molecule has 14 heavy (non-hydrogen) atoms. The Morgan fingerprint density at radius 3 is 2.93 bits per heavy atom. The van der Waals surface area contributed by atoms with Crippen molar-refractivity contribution < 1.29 is 0 Å². The molecule has 0 radical (unpaired) electrons. The second-order valence-corrected chi connectivity index (χ2v) is 3.99. The fourth-order valence-corrected chi connectivity index (χ4v) is 1.81. The van der Waals surface area contributed by atoms with E-state index in [9.17, 15) is 0 Å². The molecule has 0 bridgehead atoms. The molecule has 76 valence electrons. The summed E-state index contributed by atoms with van der Waals surface area (Å²) in [5.74, 6) is 0. The molecule has 1 aromatic heterocycles. The highest BCUT2D eigenvalue weighted by Gasteiger charge is 2.18. The smallest absolute Gasteiger partial charge is 0.0442 e. The molecule has 2 N–H and O–H groups in total. The second-order valence-electron chi connectivity index (χ2n) is 3.99. The Hall–Kier alpha value is -0.930. The fourth-order valence-electron chi connectivity index (χ4n) is 1.81. The molecular formula is C11H17N3. The van der Waals surface area contributed by atoms with Crippen LogP contribution in [0.25, 0.3) is 0 Å². The minimum absolute atomic E-state index is 0.115. The summed E-state index contributed by atoms with van der Waals surface area (Å²) in [7, 11) is 0. The number of rotatable bonds is 3. The zero-order valence-electron chi connectivity index (χ0n) is 8.61. The molecule has 0 aromatic carbocycles. The van der Waals surface area contributed by atoms with Crippen LogP contribution in [0.15, 0.2) is 18.5 Å². The van der Waals surface area contributed by atoms with Crippen LogP contribution in [0.2, 0.25) is 0 Å². The van der Waals surface area contributed by atoms with Gasteiger partial charge in [-0.25, -0.2) is 0 Å². The van der Waals surface area contributed by atoms with Gasteiger partial charge in [0, 0.05) is 25.0 Å². The van der Waals surface area contributed by atoms with Gasteiger partial charge in [0.1, 0.15) is 0 Å². The molecule has 1 aliphatic heterocycles. The Labute approximate surface area is 84.9 Å². The van der Waals surface area contributed by atoms with Gasteiger partial charge in [-0.1, -0.05) is 0 Å². The van der Waals surface area contributed by atoms with E-state index in [4.69, 9.17) is 5.73 Å². The molecule has 1 atom stereocenters. The van der Waals surface area contributed by atoms with Gasteiger partial charge in [-0.2, -0.15) is 0 Å². The van der Waals surface area contributed by atoms with Crippen LogP contribution in [0.1, 0.15) is 23.6 Å². The third kappa shape index (κ3) is 1.94. The lowest BCUT2D eigenvalue weighted by molar-refractivity contribution is 0.170. The van der Waals surface area contributed by atoms with Gasteiger partial charge in [-0.3, -0.25) is 4.98 Å². The average Bonchev–Trinajstić information content (AvgIpc) is 2.12. The predicted molar refractivity (Wildman–Crippen MR) is 57.0 cm³/mol. The number of aryl methyl sites for hydroxylation is 1. The van der Waals surface area contributed by atoms with Gasteiger partial charge in [-0.15, -0.1) is 0 Å². The lowest BCUT2D eigenvalue weighted by Gasteiger charge is -2.33. The van der Waals surface area contributed by atoms with Crippen LogP contribution in [0.3, 0.4) is 0 Å². The summed E-state index contributed by atoms with van der Waals surface area (Å²) >= 11 is 0. The molecule has 3 heteroatoms. The maximum Gasteiger partial charge on any atom is 0.0442 e. The van der Waals surface area contributed by atoms with Crippen LogP contribution in [0.5, 0.6) is 0 Å². The molecular weight excluding hydrogens is 174 g/mol. The molecule has 1 fully saturated rings. The Morgan fingerprint density at radius 1 is 1.57 bits per heavy atom. The molecule has 2 heterocycles. The number of pyridine rings is 1. The Bertz CT molecular complexity index is 307. The first kappa shape index (κ1) is 9.62. The summed E-state index contributed by atoms with van der Waals surface area (Å²) in [6.45, 7) is 5.46. The summed E-state index contributed by atoms with van der Waals surface area (Å²) in [6, 6.07) is 2.13. The summed E-state index contributed by atoms with van der Waals surface area (Å²) in [5.41, 5.74) is 8.55. The number of hydrogen-bond acceptors (Lipinski definition) is 3. The lowest BCUT2D eigenvalue weighted by atomic mass is 10.0. The lowest BCUT2D eigenvalue weighted by Crippen LogP contribution is -2.41. The van der Waals surface area contributed by atoms with E-state index >= 15 is 0 Å². The van der Waals surface area contributed by atoms with Gasteiger partial charge in [0.2, 0.25) is 0 Å². The quantitative estimate of drug-likeness (QED) is 0.777. The topological polar surface area (TPSA) is 42.1 Å². The summed E-state index contributed by atoms with van der Waals surface area (Å²) in [4.78, 5) is 6.51. The number of nitrogens with zero attached hydrogens (tertiary/aromatic N) is 2. The van der Waals surface area contributed by atoms with Crippen molar-refractivity contribution in [2.45, 2.75) is 19.4 Å². The summed E-state index contributed by atoms with van der Waals surface area (Å²) < 4.78 is 0. The van der Waals surface area contributed by atoms with Crippen molar-refractivity contribution >= 4 is 0 Å². The normalized spacial score (nSPS) is 19.0. The van der Waals surface area contributed by atoms with E-state index in [-0.39, 0.29) is 6.04 Å². The highest BCUT2D eigenvalue weighted by molar-refractivity contribution is 5.25. The van der Waals surface area contributed by atoms with E-state index in [1.807, 2.05) is 18.5 Å². The van der Waals surface area contributed by atoms with Crippen molar-refractivity contribution in [1.29, 1.82) is 0 Å². The van der Waals surface area contributed by atoms with Crippen LogP contribution < -0.4 is 5.73 Å². The fraction of sp³-hybridized carbons (Fsp3) is 0.545. The van der Waals surface area contributed by atoms with Crippen molar-refractivity contribution in [2.75, 3.05) is 19.6 Å². The Morgan fingerprint density at radius 2 is 2.36 bits per heavy atom. The van der Waals surface area contributed by atoms with Gasteiger partial charge in [0.15, 0.2) is 0 Å². The van der Waals surface area contributed by atoms with Crippen molar-refractivity contribution in [3.05, 3.63) is 29.6 Å². The Kier molecular flexibility index (Phi) is 2.79. The molecule has 0 spiro atoms. The molecule has 0 saturated carbocycles. The van der Waals surface area contributed by atoms with Gasteiger partial charge in [0.05, 0.1) is 0 Å². The van der Waals surface area contributed by atoms with Gasteiger partial charge in [0.25, 0.3) is 0 Å². The molecule has 1 aliphatic rings. The maximum atomic E-state index is 6.12. The standard InChI is InChI=1S/C11H17N3/c1-9-3-4-13-7-10(9)11(12)8-14-5-2-6-14/h3-4,7,11H,2,5-6,8,12H2,1H3. The molecule has 0 aliphatic carbocycles. The third-order valence-corrected chi connectivity index (χ3v) is 2.88. The molecule has 3 nitrogen and oxygen atoms in total. The minimum Gasteiger partial charge on any atom is -0.323 e. The van der Waals surface area contributed by atoms with Gasteiger partial charge >= 0.3 is 0 Å². The highest BCUT2D eigenvalue weighted by Crippen LogP contribution is 2.17. The first-order chi connectivity index (χ1) is 6.77. The maximum absolute atomic E-state index is 6.12. The van der Waals surface area contributed by atoms with Crippen molar-refractivity contribution in [1.82, 2.24) is 9.88 Å². The van der Waals surface area contributed by atoms with Crippen molar-refractivity contribution in [3.8, 4) is 0 Å². The van der Waals surface area contributed by atoms with Gasteiger partial charge < -0.3 is 10.6 Å². The monoisotopic (exact) mass is 191 g/mol. The van der Waals surface area contributed by atoms with E-state index in [1.165, 1.54) is 30.6 Å². The number of likely N-dealkylation sites (tertiary alicyclic amines) is 1. The first-order valence-electron chi connectivity index (χ1n) is 5.16. The number of hydrogen-bond donors (Lipinski definition) is 1. The second kappa shape index (κ2) is 4.07. The van der Waals surface area contributed by atoms with Gasteiger partial charge in [-0.05, 0) is 43.6 Å². The van der Waals surface area contributed by atoms with E-state index < -0.39 is 0 Å². The average molecular weight is 191 g/mol. The molecule has 1 aromatic rings. The van der Waals surface area contributed by atoms with Crippen molar-refractivity contribution in [2.24, 2.45) is 5.73 Å². The summed E-state index contributed by atoms with van der Waals surface area (Å²) in [6.07, 6.45) is 5.02.